The molecule has 0 heterocycles. The Hall–Kier alpha value is -1.22. The number of hydrogen-bond donors (Lipinski definition) is 3. The summed E-state index contributed by atoms with van der Waals surface area (Å²) in [4.78, 5) is 0. The van der Waals surface area contributed by atoms with Gasteiger partial charge in [0.05, 0.1) is 11.4 Å². The van der Waals surface area contributed by atoms with E-state index in [1.54, 1.807) is 0 Å². The molecule has 4 N–H and O–H groups in total. The van der Waals surface area contributed by atoms with E-state index in [0.717, 1.165) is 24.3 Å². The minimum absolute atomic E-state index is 0.0694. The molecule has 0 aliphatic heterocycles. The van der Waals surface area contributed by atoms with Crippen molar-refractivity contribution < 1.29 is 5.11 Å². The Morgan fingerprint density at radius 3 is 2.41 bits per heavy atom. The van der Waals surface area contributed by atoms with Gasteiger partial charge in [-0.25, -0.2) is 0 Å². The maximum atomic E-state index is 8.98. The molecule has 17 heavy (non-hydrogen) atoms. The maximum absolute atomic E-state index is 8.98. The van der Waals surface area contributed by atoms with E-state index in [2.05, 4.69) is 39.1 Å². The Morgan fingerprint density at radius 1 is 1.24 bits per heavy atom. The predicted molar refractivity (Wildman–Crippen MR) is 74.3 cm³/mol. The Labute approximate surface area is 104 Å². The van der Waals surface area contributed by atoms with Crippen molar-refractivity contribution >= 4 is 11.4 Å². The van der Waals surface area contributed by atoms with Crippen LogP contribution in [0.15, 0.2) is 12.1 Å². The molecule has 1 aromatic carbocycles. The first-order valence-electron chi connectivity index (χ1n) is 6.07. The number of rotatable bonds is 5. The largest absolute Gasteiger partial charge is 0.397 e. The second-order valence-electron chi connectivity index (χ2n) is 5.52. The van der Waals surface area contributed by atoms with Crippen molar-refractivity contribution in [2.75, 3.05) is 24.2 Å². The molecule has 0 saturated carbocycles. The van der Waals surface area contributed by atoms with Crippen molar-refractivity contribution in [2.24, 2.45) is 5.41 Å². The lowest BCUT2D eigenvalue weighted by Crippen LogP contribution is -2.24. The lowest BCUT2D eigenvalue weighted by molar-refractivity contribution is 0.220. The Kier molecular flexibility index (Phi) is 4.40. The van der Waals surface area contributed by atoms with Gasteiger partial charge in [0.15, 0.2) is 0 Å². The van der Waals surface area contributed by atoms with Crippen LogP contribution in [-0.2, 0) is 0 Å². The van der Waals surface area contributed by atoms with E-state index in [1.807, 2.05) is 6.07 Å². The van der Waals surface area contributed by atoms with Gasteiger partial charge in [-0.3, -0.25) is 0 Å². The number of benzene rings is 1. The van der Waals surface area contributed by atoms with Gasteiger partial charge in [-0.05, 0) is 48.9 Å². The maximum Gasteiger partial charge on any atom is 0.0576 e. The molecule has 0 unspecified atom stereocenters. The third-order valence-electron chi connectivity index (χ3n) is 3.21. The SMILES string of the molecule is Cc1cc(N)c(NCC(C)(C)CCO)cc1C. The van der Waals surface area contributed by atoms with Gasteiger partial charge in [-0.15, -0.1) is 0 Å². The zero-order valence-corrected chi connectivity index (χ0v) is 11.3. The standard InChI is InChI=1S/C14H24N2O/c1-10-7-12(15)13(8-11(10)2)16-9-14(3,4)5-6-17/h7-8,16-17H,5-6,9,15H2,1-4H3. The molecule has 3 heteroatoms. The number of nitrogen functional groups attached to an aromatic ring is 1. The van der Waals surface area contributed by atoms with Crippen LogP contribution in [0.2, 0.25) is 0 Å². The number of aliphatic hydroxyl groups is 1. The predicted octanol–water partition coefficient (Wildman–Crippen LogP) is 2.71. The van der Waals surface area contributed by atoms with Crippen LogP contribution in [0.4, 0.5) is 11.4 Å². The minimum Gasteiger partial charge on any atom is -0.397 e. The molecule has 0 fully saturated rings. The van der Waals surface area contributed by atoms with E-state index in [-0.39, 0.29) is 12.0 Å². The number of aryl methyl sites for hydroxylation is 2. The van der Waals surface area contributed by atoms with Crippen LogP contribution in [0.3, 0.4) is 0 Å². The van der Waals surface area contributed by atoms with Gasteiger partial charge >= 0.3 is 0 Å². The second kappa shape index (κ2) is 5.41. The zero-order valence-electron chi connectivity index (χ0n) is 11.3. The van der Waals surface area contributed by atoms with Gasteiger partial charge in [-0.1, -0.05) is 13.8 Å². The quantitative estimate of drug-likeness (QED) is 0.689. The lowest BCUT2D eigenvalue weighted by Gasteiger charge is -2.25. The van der Waals surface area contributed by atoms with E-state index >= 15 is 0 Å². The van der Waals surface area contributed by atoms with Crippen molar-refractivity contribution in [3.05, 3.63) is 23.3 Å². The van der Waals surface area contributed by atoms with Gasteiger partial charge in [-0.2, -0.15) is 0 Å². The molecular weight excluding hydrogens is 212 g/mol. The normalized spacial score (nSPS) is 11.6. The fourth-order valence-electron chi connectivity index (χ4n) is 1.72. The van der Waals surface area contributed by atoms with Crippen molar-refractivity contribution in [1.29, 1.82) is 0 Å². The van der Waals surface area contributed by atoms with E-state index in [1.165, 1.54) is 11.1 Å². The molecule has 0 aromatic heterocycles. The van der Waals surface area contributed by atoms with Crippen molar-refractivity contribution in [2.45, 2.75) is 34.1 Å². The number of anilines is 2. The highest BCUT2D eigenvalue weighted by Crippen LogP contribution is 2.26. The van der Waals surface area contributed by atoms with Crippen LogP contribution in [0, 0.1) is 19.3 Å². The van der Waals surface area contributed by atoms with Crippen LogP contribution in [0.25, 0.3) is 0 Å². The van der Waals surface area contributed by atoms with Crippen molar-refractivity contribution in [3.8, 4) is 0 Å². The molecule has 1 rings (SSSR count). The zero-order chi connectivity index (χ0) is 13.1. The summed E-state index contributed by atoms with van der Waals surface area (Å²) < 4.78 is 0. The third-order valence-corrected chi connectivity index (χ3v) is 3.21. The van der Waals surface area contributed by atoms with Crippen molar-refractivity contribution in [1.82, 2.24) is 0 Å². The number of aliphatic hydroxyl groups excluding tert-OH is 1. The summed E-state index contributed by atoms with van der Waals surface area (Å²) in [6, 6.07) is 4.08. The molecule has 0 aliphatic carbocycles. The molecule has 0 spiro atoms. The van der Waals surface area contributed by atoms with E-state index in [0.29, 0.717) is 0 Å². The molecule has 0 saturated heterocycles. The highest BCUT2D eigenvalue weighted by atomic mass is 16.3. The number of nitrogens with one attached hydrogen (secondary N) is 1. The van der Waals surface area contributed by atoms with Crippen LogP contribution in [-0.4, -0.2) is 18.3 Å². The first-order chi connectivity index (χ1) is 7.85. The molecule has 3 nitrogen and oxygen atoms in total. The number of hydrogen-bond acceptors (Lipinski definition) is 3. The van der Waals surface area contributed by atoms with Gasteiger partial charge in [0.1, 0.15) is 0 Å². The Bertz CT molecular complexity index is 386. The Balaban J connectivity index is 2.73. The first-order valence-corrected chi connectivity index (χ1v) is 6.07. The fourth-order valence-corrected chi connectivity index (χ4v) is 1.72. The molecule has 1 aromatic rings. The van der Waals surface area contributed by atoms with Gasteiger partial charge in [0.25, 0.3) is 0 Å². The summed E-state index contributed by atoms with van der Waals surface area (Å²) in [6.07, 6.45) is 0.782. The highest BCUT2D eigenvalue weighted by Gasteiger charge is 2.17. The van der Waals surface area contributed by atoms with Gasteiger partial charge < -0.3 is 16.2 Å². The summed E-state index contributed by atoms with van der Waals surface area (Å²) >= 11 is 0. The molecule has 0 amide bonds. The monoisotopic (exact) mass is 236 g/mol. The van der Waals surface area contributed by atoms with Crippen LogP contribution in [0.1, 0.15) is 31.4 Å². The van der Waals surface area contributed by atoms with E-state index in [4.69, 9.17) is 10.8 Å². The fraction of sp³-hybridized carbons (Fsp3) is 0.571. The van der Waals surface area contributed by atoms with Gasteiger partial charge in [0, 0.05) is 13.2 Å². The topological polar surface area (TPSA) is 58.3 Å². The summed E-state index contributed by atoms with van der Waals surface area (Å²) in [5.74, 6) is 0. The van der Waals surface area contributed by atoms with E-state index in [9.17, 15) is 0 Å². The van der Waals surface area contributed by atoms with Crippen LogP contribution in [0.5, 0.6) is 0 Å². The minimum atomic E-state index is 0.0694. The summed E-state index contributed by atoms with van der Waals surface area (Å²) in [7, 11) is 0. The lowest BCUT2D eigenvalue weighted by atomic mass is 9.89. The summed E-state index contributed by atoms with van der Waals surface area (Å²) in [6.45, 7) is 9.43. The number of nitrogens with two attached hydrogens (primary N) is 1. The van der Waals surface area contributed by atoms with Crippen LogP contribution >= 0.6 is 0 Å². The molecule has 0 radical (unpaired) electrons. The molecular formula is C14H24N2O. The van der Waals surface area contributed by atoms with E-state index < -0.39 is 0 Å². The molecule has 96 valence electrons. The average molecular weight is 236 g/mol. The third kappa shape index (κ3) is 3.93. The average Bonchev–Trinajstić information content (AvgIpc) is 2.21. The smallest absolute Gasteiger partial charge is 0.0576 e. The summed E-state index contributed by atoms with van der Waals surface area (Å²) in [5, 5.41) is 12.4. The summed E-state index contributed by atoms with van der Waals surface area (Å²) in [5.41, 5.74) is 10.3. The first kappa shape index (κ1) is 13.8. The molecule has 0 bridgehead atoms. The Morgan fingerprint density at radius 2 is 1.82 bits per heavy atom. The highest BCUT2D eigenvalue weighted by molar-refractivity contribution is 5.68. The van der Waals surface area contributed by atoms with Gasteiger partial charge in [0.2, 0.25) is 0 Å². The van der Waals surface area contributed by atoms with Crippen molar-refractivity contribution in [3.63, 3.8) is 0 Å². The second-order valence-corrected chi connectivity index (χ2v) is 5.52. The molecule has 0 aliphatic rings. The van der Waals surface area contributed by atoms with Crippen LogP contribution < -0.4 is 11.1 Å². The molecule has 0 atom stereocenters.